The Morgan fingerprint density at radius 2 is 2.28 bits per heavy atom. The van der Waals surface area contributed by atoms with Gasteiger partial charge >= 0.3 is 0 Å². The van der Waals surface area contributed by atoms with E-state index < -0.39 is 0 Å². The zero-order valence-corrected chi connectivity index (χ0v) is 11.4. The Labute approximate surface area is 114 Å². The van der Waals surface area contributed by atoms with E-state index in [1.54, 1.807) is 7.05 Å². The number of rotatable bonds is 1. The summed E-state index contributed by atoms with van der Waals surface area (Å²) in [6, 6.07) is 10.2. The summed E-state index contributed by atoms with van der Waals surface area (Å²) < 4.78 is 1.10. The van der Waals surface area contributed by atoms with Gasteiger partial charge in [-0.3, -0.25) is 0 Å². The predicted octanol–water partition coefficient (Wildman–Crippen LogP) is 3.33. The monoisotopic (exact) mass is 299 g/mol. The van der Waals surface area contributed by atoms with Crippen LogP contribution in [0.3, 0.4) is 0 Å². The molecule has 18 heavy (non-hydrogen) atoms. The predicted molar refractivity (Wildman–Crippen MR) is 74.4 cm³/mol. The van der Waals surface area contributed by atoms with Crippen LogP contribution in [0.25, 0.3) is 11.3 Å². The van der Waals surface area contributed by atoms with Gasteiger partial charge in [-0.2, -0.15) is 5.26 Å². The SMILES string of the molecule is CNc1nc2c(cc1C#N)Cc1c(Br)cccc1-2. The van der Waals surface area contributed by atoms with Gasteiger partial charge in [0.2, 0.25) is 0 Å². The Morgan fingerprint density at radius 3 is 3.00 bits per heavy atom. The molecule has 0 spiro atoms. The number of benzene rings is 1. The van der Waals surface area contributed by atoms with Gasteiger partial charge in [0.05, 0.1) is 11.3 Å². The highest BCUT2D eigenvalue weighted by Gasteiger charge is 2.23. The summed E-state index contributed by atoms with van der Waals surface area (Å²) in [6.45, 7) is 0. The maximum Gasteiger partial charge on any atom is 0.144 e. The van der Waals surface area contributed by atoms with Crippen molar-refractivity contribution in [1.29, 1.82) is 5.26 Å². The van der Waals surface area contributed by atoms with E-state index in [-0.39, 0.29) is 0 Å². The molecule has 0 aliphatic heterocycles. The van der Waals surface area contributed by atoms with Gasteiger partial charge in [0.25, 0.3) is 0 Å². The van der Waals surface area contributed by atoms with Crippen LogP contribution in [-0.2, 0) is 6.42 Å². The molecule has 0 unspecified atom stereocenters. The number of hydrogen-bond donors (Lipinski definition) is 1. The number of halogens is 1. The molecule has 1 aliphatic rings. The number of aromatic nitrogens is 1. The van der Waals surface area contributed by atoms with Crippen LogP contribution in [0.15, 0.2) is 28.7 Å². The first-order valence-corrected chi connectivity index (χ1v) is 6.43. The van der Waals surface area contributed by atoms with Crippen LogP contribution in [0.1, 0.15) is 16.7 Å². The van der Waals surface area contributed by atoms with Gasteiger partial charge in [0.1, 0.15) is 11.9 Å². The Bertz CT molecular complexity index is 686. The van der Waals surface area contributed by atoms with E-state index in [9.17, 15) is 0 Å². The third-order valence-corrected chi connectivity index (χ3v) is 3.94. The van der Waals surface area contributed by atoms with Crippen molar-refractivity contribution in [3.8, 4) is 17.3 Å². The lowest BCUT2D eigenvalue weighted by molar-refractivity contribution is 1.20. The van der Waals surface area contributed by atoms with Gasteiger partial charge in [0, 0.05) is 23.5 Å². The van der Waals surface area contributed by atoms with Crippen molar-refractivity contribution in [3.05, 3.63) is 45.4 Å². The van der Waals surface area contributed by atoms with Crippen molar-refractivity contribution in [3.63, 3.8) is 0 Å². The molecule has 1 aliphatic carbocycles. The summed E-state index contributed by atoms with van der Waals surface area (Å²) in [4.78, 5) is 4.57. The average molecular weight is 300 g/mol. The van der Waals surface area contributed by atoms with Gasteiger partial charge in [-0.15, -0.1) is 0 Å². The quantitative estimate of drug-likeness (QED) is 0.750. The highest BCUT2D eigenvalue weighted by atomic mass is 79.9. The van der Waals surface area contributed by atoms with Gasteiger partial charge in [-0.1, -0.05) is 28.1 Å². The van der Waals surface area contributed by atoms with Crippen molar-refractivity contribution < 1.29 is 0 Å². The molecule has 0 radical (unpaired) electrons. The van der Waals surface area contributed by atoms with Gasteiger partial charge in [0.15, 0.2) is 0 Å². The first-order chi connectivity index (χ1) is 8.74. The van der Waals surface area contributed by atoms with Crippen LogP contribution in [0.5, 0.6) is 0 Å². The molecule has 1 N–H and O–H groups in total. The molecule has 3 rings (SSSR count). The van der Waals surface area contributed by atoms with E-state index in [4.69, 9.17) is 5.26 Å². The zero-order valence-electron chi connectivity index (χ0n) is 9.79. The highest BCUT2D eigenvalue weighted by Crippen LogP contribution is 2.40. The van der Waals surface area contributed by atoms with Crippen LogP contribution < -0.4 is 5.32 Å². The maximum atomic E-state index is 9.11. The molecule has 1 aromatic heterocycles. The molecule has 0 saturated heterocycles. The van der Waals surface area contributed by atoms with Crippen LogP contribution in [-0.4, -0.2) is 12.0 Å². The molecule has 3 nitrogen and oxygen atoms in total. The molecule has 0 atom stereocenters. The fourth-order valence-corrected chi connectivity index (χ4v) is 2.86. The molecular weight excluding hydrogens is 290 g/mol. The fraction of sp³-hybridized carbons (Fsp3) is 0.143. The molecule has 0 saturated carbocycles. The third kappa shape index (κ3) is 1.52. The summed E-state index contributed by atoms with van der Waals surface area (Å²) in [5.41, 5.74) is 5.10. The van der Waals surface area contributed by atoms with Gasteiger partial charge in [-0.05, 0) is 23.3 Å². The van der Waals surface area contributed by atoms with E-state index in [2.05, 4.69) is 38.4 Å². The van der Waals surface area contributed by atoms with Crippen molar-refractivity contribution in [2.75, 3.05) is 12.4 Å². The summed E-state index contributed by atoms with van der Waals surface area (Å²) in [6.07, 6.45) is 0.831. The first-order valence-electron chi connectivity index (χ1n) is 5.64. The summed E-state index contributed by atoms with van der Waals surface area (Å²) in [5.74, 6) is 0.643. The molecule has 2 aromatic rings. The molecule has 0 fully saturated rings. The van der Waals surface area contributed by atoms with E-state index in [0.717, 1.165) is 27.7 Å². The van der Waals surface area contributed by atoms with Crippen LogP contribution in [0, 0.1) is 11.3 Å². The number of anilines is 1. The van der Waals surface area contributed by atoms with Gasteiger partial charge < -0.3 is 5.32 Å². The minimum absolute atomic E-state index is 0.597. The number of pyridine rings is 1. The van der Waals surface area contributed by atoms with E-state index in [1.807, 2.05) is 18.2 Å². The number of nitrogens with one attached hydrogen (secondary N) is 1. The topological polar surface area (TPSA) is 48.7 Å². The Kier molecular flexibility index (Phi) is 2.57. The van der Waals surface area contributed by atoms with Gasteiger partial charge in [-0.25, -0.2) is 4.98 Å². The minimum Gasteiger partial charge on any atom is -0.372 e. The Balaban J connectivity index is 2.26. The second kappa shape index (κ2) is 4.11. The van der Waals surface area contributed by atoms with E-state index in [1.165, 1.54) is 5.56 Å². The van der Waals surface area contributed by atoms with Crippen molar-refractivity contribution in [1.82, 2.24) is 4.98 Å². The van der Waals surface area contributed by atoms with Crippen LogP contribution in [0.2, 0.25) is 0 Å². The number of hydrogen-bond acceptors (Lipinski definition) is 3. The summed E-state index contributed by atoms with van der Waals surface area (Å²) >= 11 is 3.57. The summed E-state index contributed by atoms with van der Waals surface area (Å²) in [5, 5.41) is 12.1. The highest BCUT2D eigenvalue weighted by molar-refractivity contribution is 9.10. The standard InChI is InChI=1S/C14H10BrN3/c1-17-14-9(7-16)5-8-6-11-10(13(8)18-14)3-2-4-12(11)15/h2-5H,6H2,1H3,(H,17,18). The Morgan fingerprint density at radius 1 is 1.44 bits per heavy atom. The van der Waals surface area contributed by atoms with Crippen molar-refractivity contribution >= 4 is 21.7 Å². The molecule has 1 aromatic carbocycles. The molecule has 88 valence electrons. The molecule has 0 bridgehead atoms. The fourth-order valence-electron chi connectivity index (χ4n) is 2.35. The lowest BCUT2D eigenvalue weighted by Crippen LogP contribution is -1.98. The minimum atomic E-state index is 0.597. The van der Waals surface area contributed by atoms with E-state index in [0.29, 0.717) is 11.4 Å². The number of nitrogens with zero attached hydrogens (tertiary/aromatic N) is 2. The Hall–Kier alpha value is -1.86. The number of nitriles is 1. The van der Waals surface area contributed by atoms with Crippen molar-refractivity contribution in [2.24, 2.45) is 0 Å². The van der Waals surface area contributed by atoms with E-state index >= 15 is 0 Å². The maximum absolute atomic E-state index is 9.11. The molecule has 4 heteroatoms. The summed E-state index contributed by atoms with van der Waals surface area (Å²) in [7, 11) is 1.78. The first kappa shape index (κ1) is 11.2. The van der Waals surface area contributed by atoms with Crippen LogP contribution in [0.4, 0.5) is 5.82 Å². The van der Waals surface area contributed by atoms with Crippen molar-refractivity contribution in [2.45, 2.75) is 6.42 Å². The zero-order chi connectivity index (χ0) is 12.7. The second-order valence-electron chi connectivity index (χ2n) is 4.20. The molecule has 0 amide bonds. The largest absolute Gasteiger partial charge is 0.372 e. The average Bonchev–Trinajstić information content (AvgIpc) is 2.76. The molecule has 1 heterocycles. The smallest absolute Gasteiger partial charge is 0.144 e. The second-order valence-corrected chi connectivity index (χ2v) is 5.05. The third-order valence-electron chi connectivity index (χ3n) is 3.20. The van der Waals surface area contributed by atoms with Crippen LogP contribution >= 0.6 is 15.9 Å². The molecular formula is C14H10BrN3. The normalized spacial score (nSPS) is 11.6. The lowest BCUT2D eigenvalue weighted by Gasteiger charge is -2.06. The number of fused-ring (bicyclic) bond motifs is 3. The lowest BCUT2D eigenvalue weighted by atomic mass is 10.1.